The first-order chi connectivity index (χ1) is 7.09. The van der Waals surface area contributed by atoms with Gasteiger partial charge in [0.15, 0.2) is 5.78 Å². The molecule has 0 radical (unpaired) electrons. The van der Waals surface area contributed by atoms with E-state index in [4.69, 9.17) is 10.0 Å². The first kappa shape index (κ1) is 9.95. The Bertz CT molecular complexity index is 518. The highest BCUT2D eigenvalue weighted by Crippen LogP contribution is 2.16. The summed E-state index contributed by atoms with van der Waals surface area (Å²) in [5.74, 6) is -0.0430. The number of hydrogen-bond acceptors (Lipinski definition) is 3. The van der Waals surface area contributed by atoms with Gasteiger partial charge in [-0.25, -0.2) is 0 Å². The van der Waals surface area contributed by atoms with Crippen molar-refractivity contribution in [1.82, 2.24) is 4.98 Å². The number of aromatic nitrogens is 1. The fraction of sp³-hybridized carbons (Fsp3) is 0.100. The third-order valence-electron chi connectivity index (χ3n) is 2.34. The van der Waals surface area contributed by atoms with Crippen molar-refractivity contribution in [3.8, 4) is 0 Å². The van der Waals surface area contributed by atoms with Crippen LogP contribution in [0.15, 0.2) is 24.3 Å². The van der Waals surface area contributed by atoms with E-state index < -0.39 is 7.12 Å². The van der Waals surface area contributed by atoms with Crippen molar-refractivity contribution in [3.05, 3.63) is 29.8 Å². The van der Waals surface area contributed by atoms with Gasteiger partial charge in [0, 0.05) is 22.1 Å². The van der Waals surface area contributed by atoms with Crippen molar-refractivity contribution >= 4 is 29.4 Å². The lowest BCUT2D eigenvalue weighted by molar-refractivity contribution is 0.101. The van der Waals surface area contributed by atoms with Gasteiger partial charge in [-0.2, -0.15) is 0 Å². The average molecular weight is 203 g/mol. The predicted molar refractivity (Wildman–Crippen MR) is 58.1 cm³/mol. The lowest BCUT2D eigenvalue weighted by atomic mass is 9.86. The summed E-state index contributed by atoms with van der Waals surface area (Å²) in [6.07, 6.45) is 0. The van der Waals surface area contributed by atoms with E-state index in [1.54, 1.807) is 24.3 Å². The van der Waals surface area contributed by atoms with Gasteiger partial charge in [0.1, 0.15) is 0 Å². The number of rotatable bonds is 2. The van der Waals surface area contributed by atoms with E-state index in [0.717, 1.165) is 5.52 Å². The summed E-state index contributed by atoms with van der Waals surface area (Å²) in [6.45, 7) is 1.48. The third-order valence-corrected chi connectivity index (χ3v) is 2.34. The minimum absolute atomic E-state index is 0.0430. The lowest BCUT2D eigenvalue weighted by Crippen LogP contribution is -2.30. The zero-order valence-corrected chi connectivity index (χ0v) is 8.19. The maximum Gasteiger partial charge on any atom is 0.505 e. The molecule has 0 atom stereocenters. The largest absolute Gasteiger partial charge is 0.505 e. The molecule has 0 saturated carbocycles. The minimum atomic E-state index is -1.54. The monoisotopic (exact) mass is 203 g/mol. The van der Waals surface area contributed by atoms with Crippen LogP contribution in [-0.4, -0.2) is 27.9 Å². The second-order valence-electron chi connectivity index (χ2n) is 3.42. The number of fused-ring (bicyclic) bond motifs is 1. The lowest BCUT2D eigenvalue weighted by Gasteiger charge is -1.96. The molecule has 0 aliphatic rings. The van der Waals surface area contributed by atoms with Crippen molar-refractivity contribution in [1.29, 1.82) is 0 Å². The standard InChI is InChI=1S/C10H10BNO3/c1-6(13)7-3-2-4-9-8(7)5-10(12-9)11(14)15/h2-5,12,14-15H,1H3. The van der Waals surface area contributed by atoms with Gasteiger partial charge in [-0.1, -0.05) is 12.1 Å². The number of nitrogens with one attached hydrogen (secondary N) is 1. The molecule has 15 heavy (non-hydrogen) atoms. The number of ketones is 1. The molecule has 0 saturated heterocycles. The number of aromatic amines is 1. The molecule has 4 nitrogen and oxygen atoms in total. The Labute approximate surface area is 86.7 Å². The quantitative estimate of drug-likeness (QED) is 0.476. The number of carbonyl (C=O) groups is 1. The summed E-state index contributed by atoms with van der Waals surface area (Å²) < 4.78 is 0. The second-order valence-corrected chi connectivity index (χ2v) is 3.42. The third kappa shape index (κ3) is 1.67. The van der Waals surface area contributed by atoms with Crippen LogP contribution in [0.5, 0.6) is 0 Å². The van der Waals surface area contributed by atoms with E-state index >= 15 is 0 Å². The van der Waals surface area contributed by atoms with Crippen LogP contribution in [0.3, 0.4) is 0 Å². The Hall–Kier alpha value is -1.59. The Kier molecular flexibility index (Phi) is 2.34. The first-order valence-corrected chi connectivity index (χ1v) is 4.58. The van der Waals surface area contributed by atoms with Gasteiger partial charge in [0.05, 0.1) is 0 Å². The number of carbonyl (C=O) groups excluding carboxylic acids is 1. The highest BCUT2D eigenvalue weighted by Gasteiger charge is 2.16. The maximum atomic E-state index is 11.3. The Balaban J connectivity index is 2.70. The topological polar surface area (TPSA) is 73.3 Å². The highest BCUT2D eigenvalue weighted by molar-refractivity contribution is 6.58. The van der Waals surface area contributed by atoms with Crippen LogP contribution in [-0.2, 0) is 0 Å². The number of benzene rings is 1. The van der Waals surface area contributed by atoms with E-state index in [1.807, 2.05) is 0 Å². The van der Waals surface area contributed by atoms with Crippen LogP contribution < -0.4 is 5.59 Å². The molecule has 0 amide bonds. The van der Waals surface area contributed by atoms with Crippen molar-refractivity contribution < 1.29 is 14.8 Å². The number of Topliss-reactive ketones (excluding diaryl/α,β-unsaturated/α-hetero) is 1. The number of H-pyrrole nitrogens is 1. The first-order valence-electron chi connectivity index (χ1n) is 4.58. The molecule has 76 valence electrons. The Morgan fingerprint density at radius 1 is 1.40 bits per heavy atom. The van der Waals surface area contributed by atoms with Crippen molar-refractivity contribution in [2.24, 2.45) is 0 Å². The van der Waals surface area contributed by atoms with Gasteiger partial charge in [-0.05, 0) is 19.1 Å². The van der Waals surface area contributed by atoms with Crippen LogP contribution in [0.4, 0.5) is 0 Å². The van der Waals surface area contributed by atoms with Gasteiger partial charge in [0.2, 0.25) is 0 Å². The predicted octanol–water partition coefficient (Wildman–Crippen LogP) is 0.0503. The molecule has 3 N–H and O–H groups in total. The summed E-state index contributed by atoms with van der Waals surface area (Å²) >= 11 is 0. The average Bonchev–Trinajstić information content (AvgIpc) is 2.60. The summed E-state index contributed by atoms with van der Waals surface area (Å²) in [7, 11) is -1.54. The van der Waals surface area contributed by atoms with E-state index in [-0.39, 0.29) is 5.78 Å². The summed E-state index contributed by atoms with van der Waals surface area (Å²) in [5, 5.41) is 18.7. The molecular weight excluding hydrogens is 193 g/mol. The van der Waals surface area contributed by atoms with Crippen LogP contribution in [0.2, 0.25) is 0 Å². The maximum absolute atomic E-state index is 11.3. The summed E-state index contributed by atoms with van der Waals surface area (Å²) in [6, 6.07) is 6.83. The molecule has 0 unspecified atom stereocenters. The molecule has 2 aromatic rings. The SMILES string of the molecule is CC(=O)c1cccc2[nH]c(B(O)O)cc12. The molecule has 0 bridgehead atoms. The molecule has 1 aromatic carbocycles. The van der Waals surface area contributed by atoms with Crippen LogP contribution in [0, 0.1) is 0 Å². The Morgan fingerprint density at radius 3 is 2.73 bits per heavy atom. The van der Waals surface area contributed by atoms with Gasteiger partial charge < -0.3 is 15.0 Å². The molecule has 0 aliphatic heterocycles. The van der Waals surface area contributed by atoms with Crippen molar-refractivity contribution in [2.75, 3.05) is 0 Å². The zero-order valence-electron chi connectivity index (χ0n) is 8.19. The van der Waals surface area contributed by atoms with Crippen molar-refractivity contribution in [2.45, 2.75) is 6.92 Å². The van der Waals surface area contributed by atoms with E-state index in [9.17, 15) is 4.79 Å². The minimum Gasteiger partial charge on any atom is -0.422 e. The van der Waals surface area contributed by atoms with Gasteiger partial charge in [0.25, 0.3) is 0 Å². The number of hydrogen-bond donors (Lipinski definition) is 3. The van der Waals surface area contributed by atoms with E-state index in [0.29, 0.717) is 16.5 Å². The molecule has 1 aromatic heterocycles. The smallest absolute Gasteiger partial charge is 0.422 e. The Morgan fingerprint density at radius 2 is 2.13 bits per heavy atom. The fourth-order valence-electron chi connectivity index (χ4n) is 1.62. The fourth-order valence-corrected chi connectivity index (χ4v) is 1.62. The summed E-state index contributed by atoms with van der Waals surface area (Å²) in [5.41, 5.74) is 1.60. The molecule has 0 fully saturated rings. The molecule has 5 heteroatoms. The van der Waals surface area contributed by atoms with Gasteiger partial charge in [-0.3, -0.25) is 4.79 Å². The normalized spacial score (nSPS) is 10.6. The highest BCUT2D eigenvalue weighted by atomic mass is 16.4. The van der Waals surface area contributed by atoms with E-state index in [2.05, 4.69) is 4.98 Å². The molecule has 0 spiro atoms. The van der Waals surface area contributed by atoms with Crippen LogP contribution in [0.25, 0.3) is 10.9 Å². The van der Waals surface area contributed by atoms with E-state index in [1.165, 1.54) is 6.92 Å². The van der Waals surface area contributed by atoms with Crippen LogP contribution in [0.1, 0.15) is 17.3 Å². The molecular formula is C10H10BNO3. The molecule has 0 aliphatic carbocycles. The molecule has 1 heterocycles. The van der Waals surface area contributed by atoms with Crippen molar-refractivity contribution in [3.63, 3.8) is 0 Å². The summed E-state index contributed by atoms with van der Waals surface area (Å²) in [4.78, 5) is 14.1. The zero-order chi connectivity index (χ0) is 11.0. The second kappa shape index (κ2) is 3.53. The van der Waals surface area contributed by atoms with Gasteiger partial charge >= 0.3 is 7.12 Å². The van der Waals surface area contributed by atoms with Gasteiger partial charge in [-0.15, -0.1) is 0 Å². The van der Waals surface area contributed by atoms with Crippen LogP contribution >= 0.6 is 0 Å². The molecule has 2 rings (SSSR count).